The summed E-state index contributed by atoms with van der Waals surface area (Å²) in [7, 11) is -7.94. The van der Waals surface area contributed by atoms with E-state index in [1.54, 1.807) is 18.2 Å². The highest BCUT2D eigenvalue weighted by Gasteiger charge is 2.30. The molecule has 11 heteroatoms. The molecule has 2 N–H and O–H groups in total. The van der Waals surface area contributed by atoms with E-state index in [4.69, 9.17) is 5.21 Å². The van der Waals surface area contributed by atoms with Crippen molar-refractivity contribution >= 4 is 37.1 Å². The number of rotatable bonds is 10. The average Bonchev–Trinajstić information content (AvgIpc) is 3.20. The summed E-state index contributed by atoms with van der Waals surface area (Å²) in [6, 6.07) is 8.82. The normalized spacial score (nSPS) is 12.2. The SMILES string of the molecule is CCCCCN(CC(=O)NO)S(=O)(=O)c1cc(S(=O)(=O)c2ccccc2)cs1. The lowest BCUT2D eigenvalue weighted by Gasteiger charge is -2.20. The molecular weight excluding hydrogens is 424 g/mol. The molecule has 0 aliphatic heterocycles. The van der Waals surface area contributed by atoms with Crippen LogP contribution in [-0.2, 0) is 24.7 Å². The molecule has 1 aromatic heterocycles. The molecule has 1 heterocycles. The van der Waals surface area contributed by atoms with Crippen molar-refractivity contribution < 1.29 is 26.8 Å². The van der Waals surface area contributed by atoms with Crippen LogP contribution >= 0.6 is 11.3 Å². The Labute approximate surface area is 168 Å². The number of unbranched alkanes of at least 4 members (excludes halogenated alkanes) is 2. The fourth-order valence-corrected chi connectivity index (χ4v) is 6.95. The van der Waals surface area contributed by atoms with Crippen molar-refractivity contribution in [2.24, 2.45) is 0 Å². The number of hydroxylamine groups is 1. The summed E-state index contributed by atoms with van der Waals surface area (Å²) >= 11 is 0.777. The number of nitrogens with one attached hydrogen (secondary N) is 1. The summed E-state index contributed by atoms with van der Waals surface area (Å²) in [5, 5.41) is 10.0. The second-order valence-electron chi connectivity index (χ2n) is 6.00. The van der Waals surface area contributed by atoms with E-state index >= 15 is 0 Å². The van der Waals surface area contributed by atoms with Gasteiger partial charge >= 0.3 is 0 Å². The molecule has 0 saturated carbocycles. The van der Waals surface area contributed by atoms with Gasteiger partial charge < -0.3 is 0 Å². The van der Waals surface area contributed by atoms with E-state index < -0.39 is 32.3 Å². The van der Waals surface area contributed by atoms with Gasteiger partial charge in [0.25, 0.3) is 15.9 Å². The molecule has 0 unspecified atom stereocenters. The van der Waals surface area contributed by atoms with Crippen molar-refractivity contribution in [2.75, 3.05) is 13.1 Å². The number of carbonyl (C=O) groups is 1. The smallest absolute Gasteiger partial charge is 0.258 e. The van der Waals surface area contributed by atoms with Crippen molar-refractivity contribution in [1.82, 2.24) is 9.79 Å². The van der Waals surface area contributed by atoms with E-state index in [-0.39, 0.29) is 20.5 Å². The number of hydrogen-bond donors (Lipinski definition) is 2. The fraction of sp³-hybridized carbons (Fsp3) is 0.353. The largest absolute Gasteiger partial charge is 0.289 e. The summed E-state index contributed by atoms with van der Waals surface area (Å²) in [5.74, 6) is -0.867. The van der Waals surface area contributed by atoms with Gasteiger partial charge in [-0.1, -0.05) is 38.0 Å². The topological polar surface area (TPSA) is 121 Å². The van der Waals surface area contributed by atoms with Crippen LogP contribution in [0.5, 0.6) is 0 Å². The molecule has 28 heavy (non-hydrogen) atoms. The van der Waals surface area contributed by atoms with E-state index in [9.17, 15) is 21.6 Å². The monoisotopic (exact) mass is 446 g/mol. The van der Waals surface area contributed by atoms with E-state index in [1.165, 1.54) is 23.0 Å². The number of hydrogen-bond acceptors (Lipinski definition) is 7. The van der Waals surface area contributed by atoms with Crippen LogP contribution in [0, 0.1) is 0 Å². The average molecular weight is 447 g/mol. The minimum atomic E-state index is -4.09. The van der Waals surface area contributed by atoms with Gasteiger partial charge in [-0.15, -0.1) is 11.3 Å². The molecule has 1 amide bonds. The molecule has 0 spiro atoms. The molecule has 2 rings (SSSR count). The van der Waals surface area contributed by atoms with Gasteiger partial charge in [-0.3, -0.25) is 10.0 Å². The van der Waals surface area contributed by atoms with Gasteiger partial charge in [-0.2, -0.15) is 4.31 Å². The Balaban J connectivity index is 2.35. The summed E-state index contributed by atoms with van der Waals surface area (Å²) in [6.45, 7) is 1.49. The van der Waals surface area contributed by atoms with Gasteiger partial charge in [-0.25, -0.2) is 22.3 Å². The van der Waals surface area contributed by atoms with E-state index in [0.717, 1.165) is 34.6 Å². The molecule has 0 saturated heterocycles. The Morgan fingerprint density at radius 1 is 1.11 bits per heavy atom. The summed E-state index contributed by atoms with van der Waals surface area (Å²) in [4.78, 5) is 11.5. The predicted octanol–water partition coefficient (Wildman–Crippen LogP) is 2.27. The maximum absolute atomic E-state index is 12.9. The van der Waals surface area contributed by atoms with Gasteiger partial charge in [0.15, 0.2) is 0 Å². The molecule has 1 aromatic carbocycles. The predicted molar refractivity (Wildman–Crippen MR) is 104 cm³/mol. The summed E-state index contributed by atoms with van der Waals surface area (Å²) in [6.07, 6.45) is 2.17. The van der Waals surface area contributed by atoms with Crippen LogP contribution in [0.3, 0.4) is 0 Å². The van der Waals surface area contributed by atoms with E-state index in [0.29, 0.717) is 6.42 Å². The van der Waals surface area contributed by atoms with Crippen LogP contribution in [0.4, 0.5) is 0 Å². The molecule has 8 nitrogen and oxygen atoms in total. The third kappa shape index (κ3) is 5.17. The Morgan fingerprint density at radius 3 is 2.39 bits per heavy atom. The Hall–Kier alpha value is -1.79. The highest BCUT2D eigenvalue weighted by molar-refractivity contribution is 7.92. The molecule has 0 radical (unpaired) electrons. The Kier molecular flexibility index (Phi) is 7.72. The second-order valence-corrected chi connectivity index (χ2v) is 11.0. The van der Waals surface area contributed by atoms with Crippen LogP contribution in [0.1, 0.15) is 26.2 Å². The third-order valence-corrected chi connectivity index (χ3v) is 9.12. The molecule has 0 bridgehead atoms. The van der Waals surface area contributed by atoms with Gasteiger partial charge in [0, 0.05) is 11.9 Å². The summed E-state index contributed by atoms with van der Waals surface area (Å²) < 4.78 is 52.0. The van der Waals surface area contributed by atoms with E-state index in [1.807, 2.05) is 6.92 Å². The van der Waals surface area contributed by atoms with Crippen molar-refractivity contribution in [1.29, 1.82) is 0 Å². The molecule has 0 aliphatic rings. The fourth-order valence-electron chi connectivity index (χ4n) is 2.46. The maximum atomic E-state index is 12.9. The standard InChI is InChI=1S/C17H22N2O6S3/c1-2-3-7-10-19(12-16(20)18-21)28(24,25)17-11-15(13-26-17)27(22,23)14-8-5-4-6-9-14/h4-6,8-9,11,13,21H,2-3,7,10,12H2,1H3,(H,18,20). The lowest BCUT2D eigenvalue weighted by Crippen LogP contribution is -2.40. The molecule has 154 valence electrons. The van der Waals surface area contributed by atoms with Crippen molar-refractivity contribution in [2.45, 2.75) is 40.2 Å². The zero-order chi connectivity index (χ0) is 20.8. The van der Waals surface area contributed by atoms with Crippen LogP contribution < -0.4 is 5.48 Å². The van der Waals surface area contributed by atoms with Crippen molar-refractivity contribution in [3.8, 4) is 0 Å². The lowest BCUT2D eigenvalue weighted by molar-refractivity contribution is -0.129. The van der Waals surface area contributed by atoms with Crippen LogP contribution in [0.15, 0.2) is 55.8 Å². The quantitative estimate of drug-likeness (QED) is 0.328. The minimum absolute atomic E-state index is 0.0659. The number of nitrogens with zero attached hydrogens (tertiary/aromatic N) is 1. The number of thiophene rings is 1. The first kappa shape index (κ1) is 22.5. The number of carbonyl (C=O) groups excluding carboxylic acids is 1. The Morgan fingerprint density at radius 2 is 1.79 bits per heavy atom. The van der Waals surface area contributed by atoms with Gasteiger partial charge in [-0.05, 0) is 24.6 Å². The first-order valence-electron chi connectivity index (χ1n) is 8.55. The first-order chi connectivity index (χ1) is 13.2. The highest BCUT2D eigenvalue weighted by Crippen LogP contribution is 2.30. The van der Waals surface area contributed by atoms with Gasteiger partial charge in [0.05, 0.1) is 16.3 Å². The number of benzene rings is 1. The Bertz CT molecular complexity index is 1000. The first-order valence-corrected chi connectivity index (χ1v) is 12.4. The molecule has 0 fully saturated rings. The number of sulfone groups is 1. The maximum Gasteiger partial charge on any atom is 0.258 e. The number of amides is 1. The lowest BCUT2D eigenvalue weighted by atomic mass is 10.2. The van der Waals surface area contributed by atoms with Crippen LogP contribution in [0.2, 0.25) is 0 Å². The van der Waals surface area contributed by atoms with Crippen molar-refractivity contribution in [3.63, 3.8) is 0 Å². The van der Waals surface area contributed by atoms with Gasteiger partial charge in [0.1, 0.15) is 4.21 Å². The molecular formula is C17H22N2O6S3. The minimum Gasteiger partial charge on any atom is -0.289 e. The van der Waals surface area contributed by atoms with E-state index in [2.05, 4.69) is 0 Å². The number of sulfonamides is 1. The second kappa shape index (κ2) is 9.61. The van der Waals surface area contributed by atoms with Crippen LogP contribution in [0.25, 0.3) is 0 Å². The zero-order valence-corrected chi connectivity index (χ0v) is 17.7. The molecule has 0 aliphatic carbocycles. The zero-order valence-electron chi connectivity index (χ0n) is 15.2. The highest BCUT2D eigenvalue weighted by atomic mass is 32.2. The molecule has 2 aromatic rings. The third-order valence-electron chi connectivity index (χ3n) is 3.97. The van der Waals surface area contributed by atoms with Crippen LogP contribution in [-0.4, -0.2) is 45.3 Å². The molecule has 0 atom stereocenters. The van der Waals surface area contributed by atoms with Crippen molar-refractivity contribution in [3.05, 3.63) is 41.8 Å². The van der Waals surface area contributed by atoms with Gasteiger partial charge in [0.2, 0.25) is 9.84 Å². The summed E-state index contributed by atoms with van der Waals surface area (Å²) in [5.41, 5.74) is 1.42.